The van der Waals surface area contributed by atoms with Gasteiger partial charge in [0.1, 0.15) is 0 Å². The Balaban J connectivity index is 2.42. The maximum Gasteiger partial charge on any atom is 0.243 e. The number of hydrogen-bond donors (Lipinski definition) is 1. The van der Waals surface area contributed by atoms with Gasteiger partial charge < -0.3 is 4.90 Å². The summed E-state index contributed by atoms with van der Waals surface area (Å²) in [4.78, 5) is 2.14. The molecule has 0 bridgehead atoms. The molecular formula is C4H9AlN2S. The Morgan fingerprint density at radius 2 is 2.62 bits per heavy atom. The zero-order valence-electron chi connectivity index (χ0n) is 4.98. The van der Waals surface area contributed by atoms with Gasteiger partial charge in [0.2, 0.25) is 16.3 Å². The van der Waals surface area contributed by atoms with Crippen molar-refractivity contribution in [1.29, 1.82) is 5.41 Å². The molecule has 0 aromatic heterocycles. The van der Waals surface area contributed by atoms with Crippen LogP contribution < -0.4 is 0 Å². The van der Waals surface area contributed by atoms with Crippen LogP contribution in [0.25, 0.3) is 0 Å². The van der Waals surface area contributed by atoms with Crippen LogP contribution in [0.3, 0.4) is 0 Å². The second-order valence-corrected chi connectivity index (χ2v) is 3.45. The Hall–Kier alpha value is 0.352. The van der Waals surface area contributed by atoms with Gasteiger partial charge in [-0.25, -0.2) is 0 Å². The number of nitrogens with one attached hydrogen (secondary N) is 1. The highest BCUT2D eigenvalue weighted by atomic mass is 32.2. The molecule has 1 N–H and O–H groups in total. The summed E-state index contributed by atoms with van der Waals surface area (Å²) in [7, 11) is 0. The van der Waals surface area contributed by atoms with Crippen LogP contribution in [0.2, 0.25) is 0 Å². The standard InChI is InChI=1S/C4H7N2S.Al.2H/c1-6-2-3-7-4(6)5;;;/h5H,1-3H2;;;. The molecule has 0 amide bonds. The van der Waals surface area contributed by atoms with Crippen LogP contribution in [0, 0.1) is 5.41 Å². The van der Waals surface area contributed by atoms with E-state index in [1.165, 1.54) is 16.3 Å². The van der Waals surface area contributed by atoms with Crippen molar-refractivity contribution in [2.45, 2.75) is 0 Å². The van der Waals surface area contributed by atoms with Crippen molar-refractivity contribution >= 4 is 33.2 Å². The van der Waals surface area contributed by atoms with Crippen LogP contribution in [0.1, 0.15) is 0 Å². The highest BCUT2D eigenvalue weighted by molar-refractivity contribution is 8.14. The summed E-state index contributed by atoms with van der Waals surface area (Å²) < 4.78 is 0. The van der Waals surface area contributed by atoms with Crippen molar-refractivity contribution in [3.8, 4) is 0 Å². The molecular weight excluding hydrogens is 135 g/mol. The minimum atomic E-state index is 0.778. The first-order valence-corrected chi connectivity index (χ1v) is 5.21. The van der Waals surface area contributed by atoms with E-state index in [-0.39, 0.29) is 0 Å². The topological polar surface area (TPSA) is 27.1 Å². The maximum absolute atomic E-state index is 7.32. The molecule has 4 heteroatoms. The van der Waals surface area contributed by atoms with E-state index < -0.39 is 0 Å². The Morgan fingerprint density at radius 1 is 1.88 bits per heavy atom. The third kappa shape index (κ3) is 1.19. The molecule has 1 aliphatic rings. The lowest BCUT2D eigenvalue weighted by Gasteiger charge is -2.12. The minimum absolute atomic E-state index is 0.778. The van der Waals surface area contributed by atoms with Crippen molar-refractivity contribution in [3.63, 3.8) is 0 Å². The minimum Gasteiger partial charge on any atom is -0.365 e. The Morgan fingerprint density at radius 3 is 2.88 bits per heavy atom. The molecule has 0 aliphatic carbocycles. The molecule has 1 aliphatic heterocycles. The molecule has 0 spiro atoms. The van der Waals surface area contributed by atoms with E-state index in [2.05, 4.69) is 4.90 Å². The van der Waals surface area contributed by atoms with Gasteiger partial charge in [-0.1, -0.05) is 11.8 Å². The molecule has 1 rings (SSSR count). The average molecular weight is 144 g/mol. The first-order valence-electron chi connectivity index (χ1n) is 2.81. The molecule has 44 valence electrons. The van der Waals surface area contributed by atoms with Gasteiger partial charge >= 0.3 is 0 Å². The summed E-state index contributed by atoms with van der Waals surface area (Å²) >= 11 is 2.85. The SMILES string of the molecule is N=C1SCCN1[CH2][AlH2]. The Bertz CT molecular complexity index is 106. The average Bonchev–Trinajstić information content (AvgIpc) is 2.14. The lowest BCUT2D eigenvalue weighted by atomic mass is 10.7. The van der Waals surface area contributed by atoms with E-state index in [1.807, 2.05) is 0 Å². The first-order chi connectivity index (χ1) is 3.84. The molecule has 0 aromatic rings. The zero-order chi connectivity index (χ0) is 5.98. The van der Waals surface area contributed by atoms with Gasteiger partial charge in [-0.3, -0.25) is 5.41 Å². The fourth-order valence-corrected chi connectivity index (χ4v) is 2.52. The monoisotopic (exact) mass is 144 g/mol. The second kappa shape index (κ2) is 2.77. The summed E-state index contributed by atoms with van der Waals surface area (Å²) in [5, 5.41) is 9.23. The van der Waals surface area contributed by atoms with Crippen LogP contribution in [-0.4, -0.2) is 44.1 Å². The van der Waals surface area contributed by atoms with Crippen LogP contribution in [0.5, 0.6) is 0 Å². The highest BCUT2D eigenvalue weighted by Gasteiger charge is 2.13. The van der Waals surface area contributed by atoms with E-state index in [0.29, 0.717) is 0 Å². The molecule has 2 nitrogen and oxygen atoms in total. The molecule has 0 unspecified atom stereocenters. The van der Waals surface area contributed by atoms with Gasteiger partial charge in [-0.15, -0.1) is 0 Å². The quantitative estimate of drug-likeness (QED) is 0.505. The van der Waals surface area contributed by atoms with Gasteiger partial charge in [-0.2, -0.15) is 0 Å². The van der Waals surface area contributed by atoms with Gasteiger partial charge in [-0.05, 0) is 5.41 Å². The third-order valence-corrected chi connectivity index (χ3v) is 2.95. The van der Waals surface area contributed by atoms with Crippen molar-refractivity contribution in [2.75, 3.05) is 17.7 Å². The smallest absolute Gasteiger partial charge is 0.243 e. The molecule has 0 radical (unpaired) electrons. The van der Waals surface area contributed by atoms with Crippen molar-refractivity contribution < 1.29 is 0 Å². The van der Waals surface area contributed by atoms with Gasteiger partial charge in [0.05, 0.1) is 0 Å². The van der Waals surface area contributed by atoms with Gasteiger partial charge in [0.15, 0.2) is 5.17 Å². The van der Waals surface area contributed by atoms with Crippen molar-refractivity contribution in [2.24, 2.45) is 0 Å². The highest BCUT2D eigenvalue weighted by Crippen LogP contribution is 2.13. The second-order valence-electron chi connectivity index (χ2n) is 1.73. The number of rotatable bonds is 1. The van der Waals surface area contributed by atoms with Gasteiger partial charge in [0.25, 0.3) is 0 Å². The van der Waals surface area contributed by atoms with E-state index in [1.54, 1.807) is 11.8 Å². The largest absolute Gasteiger partial charge is 0.365 e. The molecule has 1 heterocycles. The van der Waals surface area contributed by atoms with Crippen molar-refractivity contribution in [1.82, 2.24) is 4.90 Å². The third-order valence-electron chi connectivity index (χ3n) is 1.27. The summed E-state index contributed by atoms with van der Waals surface area (Å²) in [6.07, 6.45) is 0. The lowest BCUT2D eigenvalue weighted by molar-refractivity contribution is 0.535. The first kappa shape index (κ1) is 6.47. The maximum atomic E-state index is 7.32. The summed E-state index contributed by atoms with van der Waals surface area (Å²) in [6, 6.07) is 0. The van der Waals surface area contributed by atoms with E-state index in [4.69, 9.17) is 5.41 Å². The Kier molecular flexibility index (Phi) is 2.24. The van der Waals surface area contributed by atoms with E-state index >= 15 is 0 Å². The van der Waals surface area contributed by atoms with Crippen LogP contribution in [-0.2, 0) is 0 Å². The number of hydrogen-bond acceptors (Lipinski definition) is 2. The lowest BCUT2D eigenvalue weighted by Crippen LogP contribution is -2.24. The number of thioether (sulfide) groups is 1. The summed E-state index contributed by atoms with van der Waals surface area (Å²) in [5.41, 5.74) is 0. The summed E-state index contributed by atoms with van der Waals surface area (Å²) in [5.74, 6) is 1.13. The summed E-state index contributed by atoms with van der Waals surface area (Å²) in [6.45, 7) is 1.10. The predicted octanol–water partition coefficient (Wildman–Crippen LogP) is -0.439. The van der Waals surface area contributed by atoms with Crippen LogP contribution in [0.15, 0.2) is 0 Å². The number of amidine groups is 1. The number of nitrogens with zero attached hydrogens (tertiary/aromatic N) is 1. The molecule has 0 saturated carbocycles. The van der Waals surface area contributed by atoms with E-state index in [9.17, 15) is 0 Å². The molecule has 1 fully saturated rings. The van der Waals surface area contributed by atoms with Crippen LogP contribution >= 0.6 is 11.8 Å². The normalized spacial score (nSPS) is 20.0. The Labute approximate surface area is 61.6 Å². The molecule has 0 aromatic carbocycles. The van der Waals surface area contributed by atoms with Crippen molar-refractivity contribution in [3.05, 3.63) is 0 Å². The fraction of sp³-hybridized carbons (Fsp3) is 0.750. The van der Waals surface area contributed by atoms with Gasteiger partial charge in [0, 0.05) is 12.3 Å². The molecule has 1 saturated heterocycles. The molecule has 0 atom stereocenters. The predicted molar refractivity (Wildman–Crippen MR) is 40.3 cm³/mol. The van der Waals surface area contributed by atoms with Crippen LogP contribution in [0.4, 0.5) is 0 Å². The molecule has 8 heavy (non-hydrogen) atoms. The fourth-order valence-electron chi connectivity index (χ4n) is 0.747. The zero-order valence-corrected chi connectivity index (χ0v) is 7.79. The van der Waals surface area contributed by atoms with E-state index in [0.717, 1.165) is 22.9 Å².